The number of sulfonamides is 1. The number of hydrogen-bond acceptors (Lipinski definition) is 4. The molecule has 2 rings (SSSR count). The van der Waals surface area contributed by atoms with Gasteiger partial charge in [-0.05, 0) is 52.6 Å². The Morgan fingerprint density at radius 2 is 1.63 bits per heavy atom. The molecule has 1 saturated carbocycles. The van der Waals surface area contributed by atoms with E-state index in [1.54, 1.807) is 6.92 Å². The highest BCUT2D eigenvalue weighted by Gasteiger charge is 2.38. The molecule has 0 spiro atoms. The van der Waals surface area contributed by atoms with E-state index in [2.05, 4.69) is 27.2 Å². The van der Waals surface area contributed by atoms with E-state index < -0.39 is 10.0 Å². The molecular formula is C19H39N5O2S. The van der Waals surface area contributed by atoms with E-state index in [1.807, 2.05) is 0 Å². The molecule has 158 valence electrons. The number of nitrogens with zero attached hydrogens (tertiary/aromatic N) is 2. The van der Waals surface area contributed by atoms with E-state index in [4.69, 9.17) is 4.99 Å². The Balaban J connectivity index is 1.95. The fourth-order valence-electron chi connectivity index (χ4n) is 4.21. The average Bonchev–Trinajstić information content (AvgIpc) is 2.70. The highest BCUT2D eigenvalue weighted by molar-refractivity contribution is 7.89. The van der Waals surface area contributed by atoms with E-state index in [0.29, 0.717) is 13.1 Å². The molecule has 0 radical (unpaired) electrons. The van der Waals surface area contributed by atoms with Crippen LogP contribution >= 0.6 is 0 Å². The number of aliphatic imine (C=N–C) groups is 1. The van der Waals surface area contributed by atoms with E-state index in [-0.39, 0.29) is 11.3 Å². The van der Waals surface area contributed by atoms with Crippen LogP contribution in [0.25, 0.3) is 0 Å². The number of piperidine rings is 1. The van der Waals surface area contributed by atoms with Crippen LogP contribution < -0.4 is 15.4 Å². The first kappa shape index (κ1) is 22.4. The maximum absolute atomic E-state index is 11.5. The summed E-state index contributed by atoms with van der Waals surface area (Å²) in [5.41, 5.74) is 0.213. The Kier molecular flexibility index (Phi) is 9.32. The maximum Gasteiger partial charge on any atom is 0.211 e. The van der Waals surface area contributed by atoms with Crippen LogP contribution in [0.15, 0.2) is 4.99 Å². The van der Waals surface area contributed by atoms with Gasteiger partial charge in [0.15, 0.2) is 5.96 Å². The zero-order chi connectivity index (χ0) is 19.6. The molecule has 3 N–H and O–H groups in total. The minimum Gasteiger partial charge on any atom is -0.357 e. The Morgan fingerprint density at radius 3 is 2.26 bits per heavy atom. The largest absolute Gasteiger partial charge is 0.357 e. The van der Waals surface area contributed by atoms with Crippen molar-refractivity contribution in [1.29, 1.82) is 0 Å². The first-order valence-electron chi connectivity index (χ1n) is 10.8. The molecule has 7 nitrogen and oxygen atoms in total. The second-order valence-corrected chi connectivity index (χ2v) is 9.85. The highest BCUT2D eigenvalue weighted by atomic mass is 32.2. The normalized spacial score (nSPS) is 21.8. The summed E-state index contributed by atoms with van der Waals surface area (Å²) < 4.78 is 25.6. The predicted molar refractivity (Wildman–Crippen MR) is 113 cm³/mol. The number of guanidine groups is 1. The summed E-state index contributed by atoms with van der Waals surface area (Å²) in [5, 5.41) is 6.57. The smallest absolute Gasteiger partial charge is 0.211 e. The van der Waals surface area contributed by atoms with E-state index >= 15 is 0 Å². The van der Waals surface area contributed by atoms with Crippen LogP contribution in [0.2, 0.25) is 0 Å². The van der Waals surface area contributed by atoms with Gasteiger partial charge in [-0.25, -0.2) is 13.1 Å². The number of nitrogens with one attached hydrogen (secondary N) is 3. The molecule has 1 aliphatic heterocycles. The van der Waals surface area contributed by atoms with E-state index in [1.165, 1.54) is 64.5 Å². The lowest BCUT2D eigenvalue weighted by molar-refractivity contribution is 0.0407. The van der Waals surface area contributed by atoms with Gasteiger partial charge in [0, 0.05) is 25.2 Å². The van der Waals surface area contributed by atoms with Crippen molar-refractivity contribution in [1.82, 2.24) is 20.3 Å². The van der Waals surface area contributed by atoms with Crippen molar-refractivity contribution in [3.05, 3.63) is 0 Å². The molecule has 0 bridgehead atoms. The molecule has 0 aromatic rings. The van der Waals surface area contributed by atoms with Gasteiger partial charge in [0.05, 0.1) is 12.3 Å². The van der Waals surface area contributed by atoms with Gasteiger partial charge in [0.2, 0.25) is 10.0 Å². The summed E-state index contributed by atoms with van der Waals surface area (Å²) in [4.78, 5) is 7.62. The molecule has 0 atom stereocenters. The second kappa shape index (κ2) is 11.2. The van der Waals surface area contributed by atoms with Gasteiger partial charge in [0.1, 0.15) is 0 Å². The molecule has 0 unspecified atom stereocenters. The molecular weight excluding hydrogens is 362 g/mol. The lowest BCUT2D eigenvalue weighted by Gasteiger charge is -2.47. The van der Waals surface area contributed by atoms with Crippen LogP contribution in [0.3, 0.4) is 0 Å². The van der Waals surface area contributed by atoms with Crippen molar-refractivity contribution in [2.75, 3.05) is 45.0 Å². The number of likely N-dealkylation sites (tertiary alicyclic amines) is 1. The van der Waals surface area contributed by atoms with Gasteiger partial charge in [0.25, 0.3) is 0 Å². The van der Waals surface area contributed by atoms with Crippen LogP contribution in [0.5, 0.6) is 0 Å². The summed E-state index contributed by atoms with van der Waals surface area (Å²) in [6, 6.07) is 0. The van der Waals surface area contributed by atoms with Gasteiger partial charge >= 0.3 is 0 Å². The Morgan fingerprint density at radius 1 is 0.963 bits per heavy atom. The van der Waals surface area contributed by atoms with Crippen LogP contribution in [-0.4, -0.2) is 69.8 Å². The molecule has 8 heteroatoms. The van der Waals surface area contributed by atoms with Crippen molar-refractivity contribution in [2.24, 2.45) is 4.99 Å². The molecule has 1 heterocycles. The van der Waals surface area contributed by atoms with Gasteiger partial charge < -0.3 is 10.6 Å². The molecule has 0 aromatic heterocycles. The molecule has 0 aromatic carbocycles. The molecule has 27 heavy (non-hydrogen) atoms. The minimum atomic E-state index is -3.14. The predicted octanol–water partition coefficient (Wildman–Crippen LogP) is 1.67. The Hall–Kier alpha value is -0.860. The van der Waals surface area contributed by atoms with Gasteiger partial charge in [-0.3, -0.25) is 9.89 Å². The Labute approximate surface area is 165 Å². The summed E-state index contributed by atoms with van der Waals surface area (Å²) in [5.74, 6) is 0.898. The maximum atomic E-state index is 11.5. The third kappa shape index (κ3) is 7.23. The van der Waals surface area contributed by atoms with Crippen LogP contribution in [0, 0.1) is 0 Å². The summed E-state index contributed by atoms with van der Waals surface area (Å²) in [7, 11) is -3.14. The third-order valence-electron chi connectivity index (χ3n) is 5.81. The first-order chi connectivity index (χ1) is 13.0. The zero-order valence-corrected chi connectivity index (χ0v) is 18.0. The van der Waals surface area contributed by atoms with Crippen LogP contribution in [0.1, 0.15) is 65.2 Å². The third-order valence-corrected chi connectivity index (χ3v) is 7.21. The topological polar surface area (TPSA) is 85.8 Å². The summed E-state index contributed by atoms with van der Waals surface area (Å²) in [6.07, 6.45) is 10.4. The zero-order valence-electron chi connectivity index (χ0n) is 17.2. The standard InChI is InChI=1S/C19H39N5O2S/c1-3-20-18(21-13-14-23-27(25,26)4-2)22-17-19(11-7-5-8-12-19)24-15-9-6-10-16-24/h23H,3-17H2,1-2H3,(H2,20,21,22). The van der Waals surface area contributed by atoms with Gasteiger partial charge in [-0.15, -0.1) is 0 Å². The summed E-state index contributed by atoms with van der Waals surface area (Å²) in [6.45, 7) is 8.63. The molecule has 2 aliphatic rings. The first-order valence-corrected chi connectivity index (χ1v) is 12.4. The van der Waals surface area contributed by atoms with Crippen molar-refractivity contribution in [2.45, 2.75) is 70.8 Å². The fraction of sp³-hybridized carbons (Fsp3) is 0.947. The second-order valence-electron chi connectivity index (χ2n) is 7.75. The molecule has 0 amide bonds. The van der Waals surface area contributed by atoms with Crippen LogP contribution in [0.4, 0.5) is 0 Å². The van der Waals surface area contributed by atoms with Gasteiger partial charge in [-0.2, -0.15) is 0 Å². The van der Waals surface area contributed by atoms with E-state index in [9.17, 15) is 8.42 Å². The average molecular weight is 402 g/mol. The van der Waals surface area contributed by atoms with Crippen molar-refractivity contribution >= 4 is 16.0 Å². The quantitative estimate of drug-likeness (QED) is 0.311. The van der Waals surface area contributed by atoms with Crippen LogP contribution in [-0.2, 0) is 10.0 Å². The number of rotatable bonds is 9. The lowest BCUT2D eigenvalue weighted by Crippen LogP contribution is -2.54. The highest BCUT2D eigenvalue weighted by Crippen LogP contribution is 2.35. The van der Waals surface area contributed by atoms with Gasteiger partial charge in [-0.1, -0.05) is 25.7 Å². The molecule has 1 aliphatic carbocycles. The monoisotopic (exact) mass is 401 g/mol. The summed E-state index contributed by atoms with van der Waals surface area (Å²) >= 11 is 0. The van der Waals surface area contributed by atoms with E-state index in [0.717, 1.165) is 19.0 Å². The molecule has 1 saturated heterocycles. The van der Waals surface area contributed by atoms with Crippen molar-refractivity contribution in [3.8, 4) is 0 Å². The fourth-order valence-corrected chi connectivity index (χ4v) is 4.83. The van der Waals surface area contributed by atoms with Crippen molar-refractivity contribution in [3.63, 3.8) is 0 Å². The lowest BCUT2D eigenvalue weighted by atomic mass is 9.79. The minimum absolute atomic E-state index is 0.111. The number of hydrogen-bond donors (Lipinski definition) is 3. The SMILES string of the molecule is CCNC(=NCC1(N2CCCCC2)CCCCC1)NCCNS(=O)(=O)CC. The van der Waals surface area contributed by atoms with Crippen molar-refractivity contribution < 1.29 is 8.42 Å². The molecule has 2 fully saturated rings. The Bertz CT molecular complexity index is 552.